The van der Waals surface area contributed by atoms with Crippen LogP contribution in [0.5, 0.6) is 0 Å². The van der Waals surface area contributed by atoms with Gasteiger partial charge in [0.1, 0.15) is 0 Å². The average molecular weight is 259 g/mol. The second-order valence-electron chi connectivity index (χ2n) is 5.20. The molecule has 1 atom stereocenters. The van der Waals surface area contributed by atoms with E-state index in [0.29, 0.717) is 6.04 Å². The summed E-state index contributed by atoms with van der Waals surface area (Å²) in [6.07, 6.45) is 2.96. The number of fused-ring (bicyclic) bond motifs is 1. The SMILES string of the molecule is OCC[C@@H]1CNCCN1Cc1c[nH]c2ccccc12. The number of piperazine rings is 1. The molecule has 1 aliphatic heterocycles. The van der Waals surface area contributed by atoms with E-state index in [2.05, 4.69) is 45.7 Å². The third-order valence-corrected chi connectivity index (χ3v) is 3.98. The maximum atomic E-state index is 9.17. The summed E-state index contributed by atoms with van der Waals surface area (Å²) in [5, 5.41) is 13.9. The first-order valence-corrected chi connectivity index (χ1v) is 6.99. The normalized spacial score (nSPS) is 21.0. The Morgan fingerprint density at radius 2 is 2.21 bits per heavy atom. The van der Waals surface area contributed by atoms with Crippen LogP contribution < -0.4 is 5.32 Å². The van der Waals surface area contributed by atoms with E-state index >= 15 is 0 Å². The minimum atomic E-state index is 0.261. The number of hydrogen-bond acceptors (Lipinski definition) is 3. The van der Waals surface area contributed by atoms with Crippen molar-refractivity contribution in [1.29, 1.82) is 0 Å². The molecule has 3 rings (SSSR count). The van der Waals surface area contributed by atoms with E-state index in [-0.39, 0.29) is 6.61 Å². The molecule has 2 heterocycles. The van der Waals surface area contributed by atoms with Crippen molar-refractivity contribution in [2.24, 2.45) is 0 Å². The highest BCUT2D eigenvalue weighted by Crippen LogP contribution is 2.21. The first-order valence-electron chi connectivity index (χ1n) is 6.99. The lowest BCUT2D eigenvalue weighted by Crippen LogP contribution is -2.51. The van der Waals surface area contributed by atoms with Gasteiger partial charge in [-0.2, -0.15) is 0 Å². The van der Waals surface area contributed by atoms with Crippen LogP contribution in [0.4, 0.5) is 0 Å². The maximum absolute atomic E-state index is 9.17. The smallest absolute Gasteiger partial charge is 0.0457 e. The van der Waals surface area contributed by atoms with Crippen LogP contribution in [-0.4, -0.2) is 47.3 Å². The number of nitrogens with zero attached hydrogens (tertiary/aromatic N) is 1. The van der Waals surface area contributed by atoms with Gasteiger partial charge in [0.25, 0.3) is 0 Å². The number of benzene rings is 1. The van der Waals surface area contributed by atoms with Gasteiger partial charge in [-0.25, -0.2) is 0 Å². The molecule has 1 aromatic carbocycles. The summed E-state index contributed by atoms with van der Waals surface area (Å²) in [6.45, 7) is 4.27. The lowest BCUT2D eigenvalue weighted by Gasteiger charge is -2.35. The Hall–Kier alpha value is -1.36. The fraction of sp³-hybridized carbons (Fsp3) is 0.467. The molecule has 0 radical (unpaired) electrons. The fourth-order valence-electron chi connectivity index (χ4n) is 2.93. The number of H-pyrrole nitrogens is 1. The van der Waals surface area contributed by atoms with Crippen LogP contribution >= 0.6 is 0 Å². The van der Waals surface area contributed by atoms with Crippen molar-refractivity contribution >= 4 is 10.9 Å². The zero-order valence-corrected chi connectivity index (χ0v) is 11.1. The largest absolute Gasteiger partial charge is 0.396 e. The Kier molecular flexibility index (Phi) is 3.82. The highest BCUT2D eigenvalue weighted by molar-refractivity contribution is 5.82. The third kappa shape index (κ3) is 2.66. The highest BCUT2D eigenvalue weighted by atomic mass is 16.3. The van der Waals surface area contributed by atoms with Crippen molar-refractivity contribution in [2.45, 2.75) is 19.0 Å². The molecule has 0 spiro atoms. The lowest BCUT2D eigenvalue weighted by atomic mass is 10.1. The summed E-state index contributed by atoms with van der Waals surface area (Å²) in [6, 6.07) is 8.86. The summed E-state index contributed by atoms with van der Waals surface area (Å²) in [4.78, 5) is 5.81. The van der Waals surface area contributed by atoms with Crippen LogP contribution in [0.25, 0.3) is 10.9 Å². The molecule has 0 saturated carbocycles. The van der Waals surface area contributed by atoms with Crippen LogP contribution in [0.3, 0.4) is 0 Å². The standard InChI is InChI=1S/C15H21N3O/c19-8-5-13-10-16-6-7-18(13)11-12-9-17-15-4-2-1-3-14(12)15/h1-4,9,13,16-17,19H,5-8,10-11H2/t13-/m1/s1. The molecule has 1 aliphatic rings. The molecule has 0 bridgehead atoms. The molecule has 2 aromatic rings. The summed E-state index contributed by atoms with van der Waals surface area (Å²) in [5.74, 6) is 0. The number of aliphatic hydroxyl groups is 1. The van der Waals surface area contributed by atoms with E-state index < -0.39 is 0 Å². The number of aliphatic hydroxyl groups excluding tert-OH is 1. The van der Waals surface area contributed by atoms with Crippen LogP contribution in [0.15, 0.2) is 30.5 Å². The monoisotopic (exact) mass is 259 g/mol. The van der Waals surface area contributed by atoms with Crippen molar-refractivity contribution in [3.63, 3.8) is 0 Å². The second-order valence-corrected chi connectivity index (χ2v) is 5.20. The van der Waals surface area contributed by atoms with Gasteiger partial charge in [-0.3, -0.25) is 4.90 Å². The predicted molar refractivity (Wildman–Crippen MR) is 77.1 cm³/mol. The highest BCUT2D eigenvalue weighted by Gasteiger charge is 2.22. The molecule has 0 amide bonds. The minimum Gasteiger partial charge on any atom is -0.396 e. The van der Waals surface area contributed by atoms with Gasteiger partial charge in [0, 0.05) is 55.9 Å². The molecular weight excluding hydrogens is 238 g/mol. The van der Waals surface area contributed by atoms with Gasteiger partial charge in [0.05, 0.1) is 0 Å². The molecule has 1 aromatic heterocycles. The topological polar surface area (TPSA) is 51.3 Å². The summed E-state index contributed by atoms with van der Waals surface area (Å²) < 4.78 is 0. The average Bonchev–Trinajstić information content (AvgIpc) is 2.85. The molecule has 1 fully saturated rings. The zero-order valence-electron chi connectivity index (χ0n) is 11.1. The third-order valence-electron chi connectivity index (χ3n) is 3.98. The molecule has 102 valence electrons. The Labute approximate surface area is 113 Å². The molecule has 0 aliphatic carbocycles. The predicted octanol–water partition coefficient (Wildman–Crippen LogP) is 1.32. The minimum absolute atomic E-state index is 0.261. The molecule has 4 heteroatoms. The van der Waals surface area contributed by atoms with E-state index in [1.807, 2.05) is 0 Å². The molecule has 0 unspecified atom stereocenters. The second kappa shape index (κ2) is 5.74. The summed E-state index contributed by atoms with van der Waals surface area (Å²) >= 11 is 0. The lowest BCUT2D eigenvalue weighted by molar-refractivity contribution is 0.124. The van der Waals surface area contributed by atoms with E-state index in [1.165, 1.54) is 16.5 Å². The quantitative estimate of drug-likeness (QED) is 0.776. The van der Waals surface area contributed by atoms with E-state index in [9.17, 15) is 5.11 Å². The van der Waals surface area contributed by atoms with Crippen molar-refractivity contribution in [3.05, 3.63) is 36.0 Å². The number of aromatic amines is 1. The summed E-state index contributed by atoms with van der Waals surface area (Å²) in [5.41, 5.74) is 2.55. The zero-order chi connectivity index (χ0) is 13.1. The van der Waals surface area contributed by atoms with Gasteiger partial charge < -0.3 is 15.4 Å². The van der Waals surface area contributed by atoms with Gasteiger partial charge in [0.2, 0.25) is 0 Å². The number of hydrogen-bond donors (Lipinski definition) is 3. The van der Waals surface area contributed by atoms with Crippen LogP contribution in [0, 0.1) is 0 Å². The van der Waals surface area contributed by atoms with Crippen LogP contribution in [0.1, 0.15) is 12.0 Å². The Morgan fingerprint density at radius 1 is 1.32 bits per heavy atom. The number of rotatable bonds is 4. The first-order chi connectivity index (χ1) is 9.38. The molecule has 1 saturated heterocycles. The number of para-hydroxylation sites is 1. The molecular formula is C15H21N3O. The Balaban J connectivity index is 1.79. The van der Waals surface area contributed by atoms with Crippen molar-refractivity contribution in [2.75, 3.05) is 26.2 Å². The van der Waals surface area contributed by atoms with Gasteiger partial charge in [-0.15, -0.1) is 0 Å². The molecule has 4 nitrogen and oxygen atoms in total. The van der Waals surface area contributed by atoms with Crippen molar-refractivity contribution in [1.82, 2.24) is 15.2 Å². The van der Waals surface area contributed by atoms with Gasteiger partial charge in [-0.1, -0.05) is 18.2 Å². The van der Waals surface area contributed by atoms with Crippen LogP contribution in [0.2, 0.25) is 0 Å². The molecule has 3 N–H and O–H groups in total. The maximum Gasteiger partial charge on any atom is 0.0457 e. The Morgan fingerprint density at radius 3 is 3.11 bits per heavy atom. The molecule has 19 heavy (non-hydrogen) atoms. The van der Waals surface area contributed by atoms with E-state index in [4.69, 9.17) is 0 Å². The van der Waals surface area contributed by atoms with E-state index in [0.717, 1.165) is 32.6 Å². The van der Waals surface area contributed by atoms with Crippen molar-refractivity contribution < 1.29 is 5.11 Å². The van der Waals surface area contributed by atoms with Gasteiger partial charge in [0.15, 0.2) is 0 Å². The van der Waals surface area contributed by atoms with Gasteiger partial charge >= 0.3 is 0 Å². The summed E-state index contributed by atoms with van der Waals surface area (Å²) in [7, 11) is 0. The first kappa shape index (κ1) is 12.7. The Bertz CT molecular complexity index is 535. The van der Waals surface area contributed by atoms with Gasteiger partial charge in [-0.05, 0) is 18.1 Å². The number of aromatic nitrogens is 1. The van der Waals surface area contributed by atoms with Crippen molar-refractivity contribution in [3.8, 4) is 0 Å². The van der Waals surface area contributed by atoms with Crippen LogP contribution in [-0.2, 0) is 6.54 Å². The fourth-order valence-corrected chi connectivity index (χ4v) is 2.93. The number of nitrogens with one attached hydrogen (secondary N) is 2. The van der Waals surface area contributed by atoms with E-state index in [1.54, 1.807) is 0 Å².